The first-order valence-electron chi connectivity index (χ1n) is 4.33. The lowest BCUT2D eigenvalue weighted by Crippen LogP contribution is -2.20. The van der Waals surface area contributed by atoms with Gasteiger partial charge in [0.05, 0.1) is 10.5 Å². The number of pyridine rings is 1. The fraction of sp³-hybridized carbons (Fsp3) is 0.250. The zero-order chi connectivity index (χ0) is 14.8. The molecule has 11 heteroatoms. The molecule has 0 spiro atoms. The van der Waals surface area contributed by atoms with Crippen LogP contribution >= 0.6 is 0 Å². The third-order valence-electron chi connectivity index (χ3n) is 1.82. The Morgan fingerprint density at radius 1 is 1.42 bits per heavy atom. The molecule has 0 aromatic carbocycles. The molecule has 0 aliphatic carbocycles. The van der Waals surface area contributed by atoms with Gasteiger partial charge in [-0.05, 0) is 0 Å². The van der Waals surface area contributed by atoms with E-state index in [1.54, 1.807) is 0 Å². The van der Waals surface area contributed by atoms with Crippen molar-refractivity contribution in [3.05, 3.63) is 27.6 Å². The number of carbonyl (C=O) groups excluding carboxylic acids is 1. The first-order valence-corrected chi connectivity index (χ1v) is 4.33. The number of nitrogens with zero attached hydrogens (tertiary/aromatic N) is 2. The van der Waals surface area contributed by atoms with Crippen LogP contribution in [0.5, 0.6) is 5.75 Å². The van der Waals surface area contributed by atoms with E-state index in [-0.39, 0.29) is 12.5 Å². The predicted molar refractivity (Wildman–Crippen MR) is 47.9 cm³/mol. The standard InChI is InChI=1S/C8H3F5N2O4/c9-7(10)5-3(2-16)14-1-4(15(17)18)6(5)19-8(11,12)13/h1-2,7H. The number of hydrogen-bond donors (Lipinski definition) is 0. The quantitative estimate of drug-likeness (QED) is 0.368. The summed E-state index contributed by atoms with van der Waals surface area (Å²) < 4.78 is 64.7. The minimum absolute atomic E-state index is 0.233. The number of carbonyl (C=O) groups is 1. The molecule has 0 unspecified atom stereocenters. The number of halogens is 5. The summed E-state index contributed by atoms with van der Waals surface area (Å²) in [6.07, 6.45) is -9.06. The minimum atomic E-state index is -5.43. The van der Waals surface area contributed by atoms with Gasteiger partial charge < -0.3 is 4.74 Å². The summed E-state index contributed by atoms with van der Waals surface area (Å²) in [4.78, 5) is 22.5. The van der Waals surface area contributed by atoms with Gasteiger partial charge in [-0.2, -0.15) is 0 Å². The van der Waals surface area contributed by atoms with Crippen LogP contribution in [-0.2, 0) is 0 Å². The van der Waals surface area contributed by atoms with Crippen LogP contribution in [0.25, 0.3) is 0 Å². The first-order chi connectivity index (χ1) is 8.67. The van der Waals surface area contributed by atoms with Crippen molar-refractivity contribution in [1.82, 2.24) is 4.98 Å². The van der Waals surface area contributed by atoms with Gasteiger partial charge in [0.25, 0.3) is 6.43 Å². The molecule has 0 fully saturated rings. The highest BCUT2D eigenvalue weighted by Crippen LogP contribution is 2.40. The van der Waals surface area contributed by atoms with E-state index >= 15 is 0 Å². The summed E-state index contributed by atoms with van der Waals surface area (Å²) in [5, 5.41) is 10.5. The van der Waals surface area contributed by atoms with Gasteiger partial charge >= 0.3 is 12.0 Å². The average molecular weight is 286 g/mol. The summed E-state index contributed by atoms with van der Waals surface area (Å²) in [5.74, 6) is -1.75. The minimum Gasteiger partial charge on any atom is -0.398 e. The van der Waals surface area contributed by atoms with Gasteiger partial charge in [-0.25, -0.2) is 13.8 Å². The molecule has 0 N–H and O–H groups in total. The average Bonchev–Trinajstić information content (AvgIpc) is 2.25. The molecule has 6 nitrogen and oxygen atoms in total. The predicted octanol–water partition coefficient (Wildman–Crippen LogP) is 2.64. The molecule has 0 atom stereocenters. The molecular formula is C8H3F5N2O4. The molecule has 1 rings (SSSR count). The van der Waals surface area contributed by atoms with Gasteiger partial charge in [-0.1, -0.05) is 0 Å². The number of nitro groups is 1. The topological polar surface area (TPSA) is 82.3 Å². The highest BCUT2D eigenvalue weighted by atomic mass is 19.4. The Balaban J connectivity index is 3.58. The summed E-state index contributed by atoms with van der Waals surface area (Å²) in [5.41, 5.74) is -4.07. The SMILES string of the molecule is O=Cc1ncc([N+](=O)[O-])c(OC(F)(F)F)c1C(F)F. The zero-order valence-electron chi connectivity index (χ0n) is 8.65. The van der Waals surface area contributed by atoms with E-state index in [9.17, 15) is 36.9 Å². The van der Waals surface area contributed by atoms with Gasteiger partial charge in [0.2, 0.25) is 5.75 Å². The molecule has 1 heterocycles. The van der Waals surface area contributed by atoms with E-state index in [4.69, 9.17) is 0 Å². The Bertz CT molecular complexity index is 517. The lowest BCUT2D eigenvalue weighted by Gasteiger charge is -2.13. The Morgan fingerprint density at radius 3 is 2.37 bits per heavy atom. The highest BCUT2D eigenvalue weighted by Gasteiger charge is 2.39. The Hall–Kier alpha value is -2.33. The van der Waals surface area contributed by atoms with Gasteiger partial charge in [-0.15, -0.1) is 13.2 Å². The number of aromatic nitrogens is 1. The lowest BCUT2D eigenvalue weighted by atomic mass is 10.1. The number of hydrogen-bond acceptors (Lipinski definition) is 5. The second kappa shape index (κ2) is 5.12. The zero-order valence-corrected chi connectivity index (χ0v) is 8.65. The molecule has 0 aliphatic rings. The first kappa shape index (κ1) is 14.7. The van der Waals surface area contributed by atoms with Crippen molar-refractivity contribution in [1.29, 1.82) is 0 Å². The second-order valence-electron chi connectivity index (χ2n) is 2.99. The Labute approximate surface area is 101 Å². The molecule has 0 bridgehead atoms. The van der Waals surface area contributed by atoms with Gasteiger partial charge in [-0.3, -0.25) is 14.9 Å². The maximum absolute atomic E-state index is 12.6. The third kappa shape index (κ3) is 3.33. The van der Waals surface area contributed by atoms with Crippen LogP contribution in [0.3, 0.4) is 0 Å². The van der Waals surface area contributed by atoms with E-state index in [0.29, 0.717) is 0 Å². The van der Waals surface area contributed by atoms with Crippen molar-refractivity contribution in [2.45, 2.75) is 12.8 Å². The maximum atomic E-state index is 12.6. The third-order valence-corrected chi connectivity index (χ3v) is 1.82. The van der Waals surface area contributed by atoms with Crippen LogP contribution in [0, 0.1) is 10.1 Å². The van der Waals surface area contributed by atoms with Gasteiger partial charge in [0.1, 0.15) is 11.9 Å². The van der Waals surface area contributed by atoms with E-state index in [0.717, 1.165) is 0 Å². The normalized spacial score (nSPS) is 11.5. The molecule has 0 radical (unpaired) electrons. The Morgan fingerprint density at radius 2 is 2.00 bits per heavy atom. The van der Waals surface area contributed by atoms with Crippen molar-refractivity contribution in [2.24, 2.45) is 0 Å². The molecule has 0 saturated carbocycles. The van der Waals surface area contributed by atoms with E-state index < -0.39 is 40.4 Å². The van der Waals surface area contributed by atoms with Gasteiger partial charge in [0.15, 0.2) is 6.29 Å². The number of ether oxygens (including phenoxy) is 1. The van der Waals surface area contributed by atoms with E-state index in [1.165, 1.54) is 0 Å². The van der Waals surface area contributed by atoms with Crippen molar-refractivity contribution < 1.29 is 36.4 Å². The van der Waals surface area contributed by atoms with Crippen LogP contribution in [0.2, 0.25) is 0 Å². The van der Waals surface area contributed by atoms with Crippen LogP contribution in [0.4, 0.5) is 27.6 Å². The molecule has 1 aromatic rings. The molecule has 19 heavy (non-hydrogen) atoms. The van der Waals surface area contributed by atoms with Crippen molar-refractivity contribution in [3.8, 4) is 5.75 Å². The number of rotatable bonds is 4. The summed E-state index contributed by atoms with van der Waals surface area (Å²) >= 11 is 0. The van der Waals surface area contributed by atoms with Gasteiger partial charge in [0, 0.05) is 0 Å². The molecule has 0 aliphatic heterocycles. The summed E-state index contributed by atoms with van der Waals surface area (Å²) in [6.45, 7) is 0. The highest BCUT2D eigenvalue weighted by molar-refractivity contribution is 5.77. The molecular weight excluding hydrogens is 283 g/mol. The Kier molecular flexibility index (Phi) is 3.97. The molecule has 0 saturated heterocycles. The van der Waals surface area contributed by atoms with Crippen molar-refractivity contribution in [3.63, 3.8) is 0 Å². The number of alkyl halides is 5. The van der Waals surface area contributed by atoms with Crippen molar-refractivity contribution in [2.75, 3.05) is 0 Å². The number of aldehydes is 1. The van der Waals surface area contributed by atoms with E-state index in [1.807, 2.05) is 0 Å². The fourth-order valence-corrected chi connectivity index (χ4v) is 1.17. The molecule has 0 amide bonds. The second-order valence-corrected chi connectivity index (χ2v) is 2.99. The monoisotopic (exact) mass is 286 g/mol. The maximum Gasteiger partial charge on any atom is 0.573 e. The lowest BCUT2D eigenvalue weighted by molar-refractivity contribution is -0.389. The fourth-order valence-electron chi connectivity index (χ4n) is 1.17. The smallest absolute Gasteiger partial charge is 0.398 e. The van der Waals surface area contributed by atoms with E-state index in [2.05, 4.69) is 9.72 Å². The van der Waals surface area contributed by atoms with Crippen LogP contribution in [-0.4, -0.2) is 22.6 Å². The van der Waals surface area contributed by atoms with Crippen molar-refractivity contribution >= 4 is 12.0 Å². The van der Waals surface area contributed by atoms with Crippen LogP contribution in [0.1, 0.15) is 22.5 Å². The molecule has 104 valence electrons. The summed E-state index contributed by atoms with van der Waals surface area (Å²) in [7, 11) is 0. The van der Waals surface area contributed by atoms with Crippen LogP contribution in [0.15, 0.2) is 6.20 Å². The largest absolute Gasteiger partial charge is 0.573 e. The molecule has 1 aromatic heterocycles. The van der Waals surface area contributed by atoms with Crippen LogP contribution < -0.4 is 4.74 Å². The summed E-state index contributed by atoms with van der Waals surface area (Å²) in [6, 6.07) is 0.